The van der Waals surface area contributed by atoms with E-state index in [0.717, 1.165) is 11.3 Å². The van der Waals surface area contributed by atoms with Crippen LogP contribution in [0.4, 0.5) is 0 Å². The van der Waals surface area contributed by atoms with E-state index in [1.165, 1.54) is 0 Å². The number of rotatable bonds is 4. The molecule has 0 aliphatic heterocycles. The van der Waals surface area contributed by atoms with E-state index < -0.39 is 0 Å². The van der Waals surface area contributed by atoms with Crippen LogP contribution in [-0.2, 0) is 4.74 Å². The molecule has 1 nitrogen and oxygen atoms in total. The van der Waals surface area contributed by atoms with Gasteiger partial charge >= 0.3 is 0 Å². The number of hydrogen-bond acceptors (Lipinski definition) is 1. The predicted octanol–water partition coefficient (Wildman–Crippen LogP) is 3.06. The van der Waals surface area contributed by atoms with Crippen LogP contribution >= 0.6 is 0 Å². The molecular formula is C10H16O. The van der Waals surface area contributed by atoms with Gasteiger partial charge in [0.25, 0.3) is 0 Å². The number of allylic oxidation sites excluding steroid dienone is 4. The topological polar surface area (TPSA) is 9.23 Å². The minimum absolute atomic E-state index is 0.709. The standard InChI is InChI=1S/C10H16O/c1-5-9(4)8-10(6-2)11-7-3/h5-6,8H,1,7H2,2-4H3/b9-8-,10-6+. The molecule has 0 saturated carbocycles. The molecule has 0 N–H and O–H groups in total. The van der Waals surface area contributed by atoms with Crippen molar-refractivity contribution < 1.29 is 4.74 Å². The summed E-state index contributed by atoms with van der Waals surface area (Å²) in [4.78, 5) is 0. The highest BCUT2D eigenvalue weighted by Gasteiger charge is 1.89. The molecule has 11 heavy (non-hydrogen) atoms. The van der Waals surface area contributed by atoms with Crippen molar-refractivity contribution >= 4 is 0 Å². The zero-order valence-corrected chi connectivity index (χ0v) is 7.55. The Hall–Kier alpha value is -0.980. The van der Waals surface area contributed by atoms with Crippen LogP contribution in [0.2, 0.25) is 0 Å². The summed E-state index contributed by atoms with van der Waals surface area (Å²) in [5.74, 6) is 0.907. The van der Waals surface area contributed by atoms with Gasteiger partial charge in [0.2, 0.25) is 0 Å². The molecule has 0 unspecified atom stereocenters. The molecule has 0 fully saturated rings. The zero-order valence-electron chi connectivity index (χ0n) is 7.55. The van der Waals surface area contributed by atoms with Crippen LogP contribution in [0.1, 0.15) is 20.8 Å². The molecule has 0 atom stereocenters. The first-order chi connectivity index (χ1) is 5.24. The summed E-state index contributed by atoms with van der Waals surface area (Å²) >= 11 is 0. The van der Waals surface area contributed by atoms with Crippen LogP contribution in [0.25, 0.3) is 0 Å². The average molecular weight is 152 g/mol. The number of ether oxygens (including phenoxy) is 1. The van der Waals surface area contributed by atoms with E-state index in [1.807, 2.05) is 39.0 Å². The largest absolute Gasteiger partial charge is 0.494 e. The fourth-order valence-corrected chi connectivity index (χ4v) is 0.658. The van der Waals surface area contributed by atoms with Crippen molar-refractivity contribution in [2.75, 3.05) is 6.61 Å². The smallest absolute Gasteiger partial charge is 0.115 e. The highest BCUT2D eigenvalue weighted by Crippen LogP contribution is 2.04. The maximum absolute atomic E-state index is 5.30. The summed E-state index contributed by atoms with van der Waals surface area (Å²) in [6, 6.07) is 0. The Morgan fingerprint density at radius 3 is 2.55 bits per heavy atom. The molecule has 0 bridgehead atoms. The molecule has 0 aromatic rings. The maximum Gasteiger partial charge on any atom is 0.115 e. The molecule has 0 rings (SSSR count). The van der Waals surface area contributed by atoms with Gasteiger partial charge in [-0.2, -0.15) is 0 Å². The lowest BCUT2D eigenvalue weighted by molar-refractivity contribution is 0.242. The molecule has 0 saturated heterocycles. The van der Waals surface area contributed by atoms with E-state index in [9.17, 15) is 0 Å². The summed E-state index contributed by atoms with van der Waals surface area (Å²) < 4.78 is 5.30. The van der Waals surface area contributed by atoms with Gasteiger partial charge in [-0.1, -0.05) is 12.7 Å². The van der Waals surface area contributed by atoms with E-state index >= 15 is 0 Å². The van der Waals surface area contributed by atoms with Gasteiger partial charge in [-0.25, -0.2) is 0 Å². The lowest BCUT2D eigenvalue weighted by Gasteiger charge is -2.02. The minimum Gasteiger partial charge on any atom is -0.494 e. The van der Waals surface area contributed by atoms with Gasteiger partial charge in [0.15, 0.2) is 0 Å². The van der Waals surface area contributed by atoms with Gasteiger partial charge in [-0.15, -0.1) is 0 Å². The summed E-state index contributed by atoms with van der Waals surface area (Å²) in [6.07, 6.45) is 5.72. The van der Waals surface area contributed by atoms with Crippen molar-refractivity contribution in [3.8, 4) is 0 Å². The van der Waals surface area contributed by atoms with E-state index in [4.69, 9.17) is 4.74 Å². The second-order valence-electron chi connectivity index (χ2n) is 2.22. The Balaban J connectivity index is 4.18. The van der Waals surface area contributed by atoms with Crippen LogP contribution in [0.15, 0.2) is 36.1 Å². The average Bonchev–Trinajstić information content (AvgIpc) is 2.03. The molecular weight excluding hydrogens is 136 g/mol. The second kappa shape index (κ2) is 5.78. The van der Waals surface area contributed by atoms with Gasteiger partial charge in [0, 0.05) is 0 Å². The Morgan fingerprint density at radius 2 is 2.18 bits per heavy atom. The van der Waals surface area contributed by atoms with Crippen LogP contribution in [0.5, 0.6) is 0 Å². The highest BCUT2D eigenvalue weighted by molar-refractivity contribution is 5.23. The van der Waals surface area contributed by atoms with Crippen molar-refractivity contribution in [3.05, 3.63) is 36.1 Å². The molecule has 0 aromatic carbocycles. The van der Waals surface area contributed by atoms with E-state index in [-0.39, 0.29) is 0 Å². The van der Waals surface area contributed by atoms with Gasteiger partial charge in [0.05, 0.1) is 6.61 Å². The van der Waals surface area contributed by atoms with Crippen molar-refractivity contribution in [1.82, 2.24) is 0 Å². The van der Waals surface area contributed by atoms with Crippen LogP contribution < -0.4 is 0 Å². The first-order valence-electron chi connectivity index (χ1n) is 3.84. The van der Waals surface area contributed by atoms with E-state index in [0.29, 0.717) is 6.61 Å². The quantitative estimate of drug-likeness (QED) is 0.444. The fourth-order valence-electron chi connectivity index (χ4n) is 0.658. The lowest BCUT2D eigenvalue weighted by atomic mass is 10.2. The summed E-state index contributed by atoms with van der Waals surface area (Å²) in [5.41, 5.74) is 1.12. The third-order valence-corrected chi connectivity index (χ3v) is 1.29. The van der Waals surface area contributed by atoms with Crippen molar-refractivity contribution in [3.63, 3.8) is 0 Å². The number of hydrogen-bond donors (Lipinski definition) is 0. The zero-order chi connectivity index (χ0) is 8.69. The summed E-state index contributed by atoms with van der Waals surface area (Å²) in [7, 11) is 0. The van der Waals surface area contributed by atoms with Crippen molar-refractivity contribution in [2.24, 2.45) is 0 Å². The highest BCUT2D eigenvalue weighted by atomic mass is 16.5. The normalized spacial score (nSPS) is 13.0. The molecule has 0 aromatic heterocycles. The molecule has 62 valence electrons. The first-order valence-corrected chi connectivity index (χ1v) is 3.84. The summed E-state index contributed by atoms with van der Waals surface area (Å²) in [5, 5.41) is 0. The Kier molecular flexibility index (Phi) is 5.26. The Labute approximate surface area is 69.1 Å². The van der Waals surface area contributed by atoms with Crippen LogP contribution in [-0.4, -0.2) is 6.61 Å². The second-order valence-corrected chi connectivity index (χ2v) is 2.22. The van der Waals surface area contributed by atoms with Gasteiger partial charge in [-0.3, -0.25) is 0 Å². The van der Waals surface area contributed by atoms with Crippen LogP contribution in [0, 0.1) is 0 Å². The first kappa shape index (κ1) is 10.0. The monoisotopic (exact) mass is 152 g/mol. The fraction of sp³-hybridized carbons (Fsp3) is 0.400. The Bertz CT molecular complexity index is 175. The van der Waals surface area contributed by atoms with Gasteiger partial charge < -0.3 is 4.74 Å². The SMILES string of the molecule is C=C/C(C)=C\C(=C/C)OCC. The molecule has 0 amide bonds. The van der Waals surface area contributed by atoms with Gasteiger partial charge in [0.1, 0.15) is 5.76 Å². The van der Waals surface area contributed by atoms with Gasteiger partial charge in [-0.05, 0) is 38.5 Å². The molecule has 1 heteroatoms. The van der Waals surface area contributed by atoms with Crippen molar-refractivity contribution in [2.45, 2.75) is 20.8 Å². The lowest BCUT2D eigenvalue weighted by Crippen LogP contribution is -1.87. The molecule has 0 aliphatic rings. The van der Waals surface area contributed by atoms with Crippen LogP contribution in [0.3, 0.4) is 0 Å². The molecule has 0 spiro atoms. The Morgan fingerprint density at radius 1 is 1.55 bits per heavy atom. The maximum atomic E-state index is 5.30. The summed E-state index contributed by atoms with van der Waals surface area (Å²) in [6.45, 7) is 10.3. The third kappa shape index (κ3) is 4.43. The van der Waals surface area contributed by atoms with E-state index in [2.05, 4.69) is 6.58 Å². The van der Waals surface area contributed by atoms with E-state index in [1.54, 1.807) is 0 Å². The minimum atomic E-state index is 0.709. The third-order valence-electron chi connectivity index (χ3n) is 1.29. The molecule has 0 heterocycles. The predicted molar refractivity (Wildman–Crippen MR) is 49.3 cm³/mol. The molecule has 0 aliphatic carbocycles. The van der Waals surface area contributed by atoms with Crippen molar-refractivity contribution in [1.29, 1.82) is 0 Å². The molecule has 0 radical (unpaired) electrons.